The number of unbranched alkanes of at least 4 members (excludes halogenated alkanes) is 4. The van der Waals surface area contributed by atoms with E-state index in [1.54, 1.807) is 0 Å². The van der Waals surface area contributed by atoms with Crippen molar-refractivity contribution in [2.45, 2.75) is 156 Å². The fraction of sp³-hybridized carbons (Fsp3) is 0.875. The van der Waals surface area contributed by atoms with Gasteiger partial charge in [-0.2, -0.15) is 0 Å². The lowest BCUT2D eigenvalue weighted by Crippen LogP contribution is -2.51. The minimum atomic E-state index is -0.686. The molecule has 0 aromatic rings. The van der Waals surface area contributed by atoms with Crippen LogP contribution >= 0.6 is 0 Å². The Morgan fingerprint density at radius 1 is 0.550 bits per heavy atom. The van der Waals surface area contributed by atoms with E-state index in [1.165, 1.54) is 6.92 Å². The summed E-state index contributed by atoms with van der Waals surface area (Å²) >= 11 is 0. The first-order valence-electron chi connectivity index (χ1n) is 16.0. The average molecular weight is 567 g/mol. The van der Waals surface area contributed by atoms with Crippen molar-refractivity contribution < 1.29 is 19.2 Å². The average Bonchev–Trinajstić information content (AvgIpc) is 2.86. The lowest BCUT2D eigenvalue weighted by atomic mass is 10.0. The van der Waals surface area contributed by atoms with Crippen molar-refractivity contribution in [3.63, 3.8) is 0 Å². The van der Waals surface area contributed by atoms with Crippen LogP contribution in [0, 0.1) is 11.8 Å². The van der Waals surface area contributed by atoms with Crippen LogP contribution in [0.5, 0.6) is 0 Å². The van der Waals surface area contributed by atoms with Crippen LogP contribution in [0.4, 0.5) is 0 Å². The molecule has 0 aliphatic heterocycles. The number of carbonyl (C=O) groups excluding carboxylic acids is 4. The normalized spacial score (nSPS) is 12.9. The van der Waals surface area contributed by atoms with Crippen LogP contribution in [-0.2, 0) is 19.2 Å². The highest BCUT2D eigenvalue weighted by atomic mass is 16.2. The van der Waals surface area contributed by atoms with Crippen molar-refractivity contribution in [2.24, 2.45) is 11.8 Å². The molecule has 0 aromatic heterocycles. The Kier molecular flexibility index (Phi) is 22.6. The molecule has 2 atom stereocenters. The molecule has 2 unspecified atom stereocenters. The molecule has 0 aromatic carbocycles. The maximum absolute atomic E-state index is 13.2. The van der Waals surface area contributed by atoms with Crippen LogP contribution < -0.4 is 21.3 Å². The van der Waals surface area contributed by atoms with Gasteiger partial charge in [0.1, 0.15) is 6.04 Å². The number of hydrogen-bond acceptors (Lipinski definition) is 5. The highest BCUT2D eigenvalue weighted by molar-refractivity contribution is 5.92. The Bertz CT molecular complexity index is 709. The van der Waals surface area contributed by atoms with E-state index in [-0.39, 0.29) is 23.5 Å². The third-order valence-electron chi connectivity index (χ3n) is 7.04. The molecule has 0 saturated carbocycles. The monoisotopic (exact) mass is 566 g/mol. The lowest BCUT2D eigenvalue weighted by Gasteiger charge is -2.22. The molecule has 0 aliphatic carbocycles. The molecule has 3 amide bonds. The van der Waals surface area contributed by atoms with Gasteiger partial charge in [0.15, 0.2) is 5.78 Å². The molecule has 4 N–H and O–H groups in total. The van der Waals surface area contributed by atoms with Crippen molar-refractivity contribution in [3.8, 4) is 0 Å². The first-order chi connectivity index (χ1) is 18.9. The number of nitrogens with one attached hydrogen (secondary N) is 4. The second kappa shape index (κ2) is 23.7. The summed E-state index contributed by atoms with van der Waals surface area (Å²) in [4.78, 5) is 50.2. The highest BCUT2D eigenvalue weighted by Gasteiger charge is 2.24. The molecule has 0 bridgehead atoms. The standard InChI is InChI=1S/C32H62N4O4/c1-24(2)16-8-10-20-30(38)34-23-15-13-19-29(35-31(39)21-11-9-17-25(3)4)32(40)36-28(27(7)37)18-12-14-22-33-26(5)6/h24-26,28-29,33H,8-23H2,1-7H3,(H,34,38)(H,35,39)(H,36,40). The van der Waals surface area contributed by atoms with E-state index in [1.807, 2.05) is 0 Å². The first-order valence-corrected chi connectivity index (χ1v) is 16.0. The zero-order chi connectivity index (χ0) is 30.3. The van der Waals surface area contributed by atoms with Crippen molar-refractivity contribution in [3.05, 3.63) is 0 Å². The molecule has 0 saturated heterocycles. The quantitative estimate of drug-likeness (QED) is 0.110. The third kappa shape index (κ3) is 22.8. The molecule has 234 valence electrons. The molecule has 40 heavy (non-hydrogen) atoms. The minimum Gasteiger partial charge on any atom is -0.356 e. The van der Waals surface area contributed by atoms with E-state index in [9.17, 15) is 19.2 Å². The fourth-order valence-electron chi connectivity index (χ4n) is 4.51. The molecule has 0 radical (unpaired) electrons. The molecular formula is C32H62N4O4. The number of ketones is 1. The first kappa shape index (κ1) is 38.0. The van der Waals surface area contributed by atoms with E-state index in [0.717, 1.165) is 64.3 Å². The van der Waals surface area contributed by atoms with Gasteiger partial charge in [0.05, 0.1) is 6.04 Å². The Balaban J connectivity index is 4.79. The molecule has 8 heteroatoms. The zero-order valence-electron chi connectivity index (χ0n) is 26.8. The predicted molar refractivity (Wildman–Crippen MR) is 165 cm³/mol. The highest BCUT2D eigenvalue weighted by Crippen LogP contribution is 2.10. The summed E-state index contributed by atoms with van der Waals surface area (Å²) in [6, 6.07) is -0.818. The van der Waals surface area contributed by atoms with E-state index in [2.05, 4.69) is 62.8 Å². The van der Waals surface area contributed by atoms with Gasteiger partial charge in [-0.15, -0.1) is 0 Å². The van der Waals surface area contributed by atoms with E-state index in [0.29, 0.717) is 56.5 Å². The molecule has 0 spiro atoms. The Morgan fingerprint density at radius 2 is 1.05 bits per heavy atom. The summed E-state index contributed by atoms with van der Waals surface area (Å²) < 4.78 is 0. The molecule has 0 heterocycles. The Morgan fingerprint density at radius 3 is 1.57 bits per heavy atom. The molecular weight excluding hydrogens is 504 g/mol. The number of amides is 3. The van der Waals surface area contributed by atoms with Crippen molar-refractivity contribution in [1.82, 2.24) is 21.3 Å². The third-order valence-corrected chi connectivity index (χ3v) is 7.04. The number of Topliss-reactive ketones (excluding diaryl/α,β-unsaturated/α-hetero) is 1. The van der Waals surface area contributed by atoms with Crippen LogP contribution in [0.1, 0.15) is 138 Å². The second-order valence-corrected chi connectivity index (χ2v) is 12.5. The van der Waals surface area contributed by atoms with Crippen LogP contribution in [0.2, 0.25) is 0 Å². The Hall–Kier alpha value is -1.96. The Labute approximate surface area is 245 Å². The largest absolute Gasteiger partial charge is 0.356 e. The summed E-state index contributed by atoms with van der Waals surface area (Å²) in [7, 11) is 0. The van der Waals surface area contributed by atoms with E-state index < -0.39 is 12.1 Å². The van der Waals surface area contributed by atoms with Crippen molar-refractivity contribution in [1.29, 1.82) is 0 Å². The molecule has 0 aliphatic rings. The smallest absolute Gasteiger partial charge is 0.243 e. The van der Waals surface area contributed by atoms with Gasteiger partial charge >= 0.3 is 0 Å². The SMILES string of the molecule is CC(=O)C(CCCCNC(C)C)NC(=O)C(CCCCNC(=O)CCCCC(C)C)NC(=O)CCCCC(C)C. The van der Waals surface area contributed by atoms with Crippen molar-refractivity contribution >= 4 is 23.5 Å². The van der Waals surface area contributed by atoms with Crippen LogP contribution in [-0.4, -0.2) is 54.7 Å². The summed E-state index contributed by atoms with van der Waals surface area (Å²) in [5, 5.41) is 12.2. The van der Waals surface area contributed by atoms with Gasteiger partial charge in [0.25, 0.3) is 0 Å². The van der Waals surface area contributed by atoms with Crippen molar-refractivity contribution in [2.75, 3.05) is 13.1 Å². The maximum atomic E-state index is 13.2. The minimum absolute atomic E-state index is 0.0694. The van der Waals surface area contributed by atoms with Gasteiger partial charge in [-0.1, -0.05) is 67.2 Å². The fourth-order valence-corrected chi connectivity index (χ4v) is 4.51. The van der Waals surface area contributed by atoms with Gasteiger partial charge in [-0.05, 0) is 76.7 Å². The summed E-state index contributed by atoms with van der Waals surface area (Å²) in [5.74, 6) is 0.835. The van der Waals surface area contributed by atoms with Gasteiger partial charge < -0.3 is 21.3 Å². The summed E-state index contributed by atoms with van der Waals surface area (Å²) in [5.41, 5.74) is 0. The second-order valence-electron chi connectivity index (χ2n) is 12.5. The van der Waals surface area contributed by atoms with Crippen LogP contribution in [0.25, 0.3) is 0 Å². The topological polar surface area (TPSA) is 116 Å². The van der Waals surface area contributed by atoms with E-state index in [4.69, 9.17) is 0 Å². The van der Waals surface area contributed by atoms with Crippen LogP contribution in [0.3, 0.4) is 0 Å². The molecule has 8 nitrogen and oxygen atoms in total. The van der Waals surface area contributed by atoms with Crippen LogP contribution in [0.15, 0.2) is 0 Å². The predicted octanol–water partition coefficient (Wildman–Crippen LogP) is 5.43. The summed E-state index contributed by atoms with van der Waals surface area (Å²) in [6.07, 6.45) is 11.1. The maximum Gasteiger partial charge on any atom is 0.243 e. The number of rotatable bonds is 25. The van der Waals surface area contributed by atoms with Gasteiger partial charge in [-0.25, -0.2) is 0 Å². The summed E-state index contributed by atoms with van der Waals surface area (Å²) in [6.45, 7) is 15.8. The number of hydrogen-bond donors (Lipinski definition) is 4. The van der Waals surface area contributed by atoms with Gasteiger partial charge in [-0.3, -0.25) is 19.2 Å². The zero-order valence-corrected chi connectivity index (χ0v) is 26.8. The van der Waals surface area contributed by atoms with Gasteiger partial charge in [0.2, 0.25) is 17.7 Å². The lowest BCUT2D eigenvalue weighted by molar-refractivity contribution is -0.131. The van der Waals surface area contributed by atoms with E-state index >= 15 is 0 Å². The van der Waals surface area contributed by atoms with Gasteiger partial charge in [0, 0.05) is 25.4 Å². The molecule has 0 rings (SSSR count). The molecule has 0 fully saturated rings. The number of carbonyl (C=O) groups is 4.